The van der Waals surface area contributed by atoms with Crippen molar-refractivity contribution in [1.29, 1.82) is 0 Å². The first kappa shape index (κ1) is 23.5. The lowest BCUT2D eigenvalue weighted by Gasteiger charge is -2.31. The first-order valence-electron chi connectivity index (χ1n) is 9.16. The van der Waals surface area contributed by atoms with Crippen LogP contribution in [-0.4, -0.2) is 63.5 Å². The van der Waals surface area contributed by atoms with Crippen molar-refractivity contribution in [2.24, 2.45) is 10.4 Å². The lowest BCUT2D eigenvalue weighted by atomic mass is 9.84. The quantitative estimate of drug-likeness (QED) is 0.365. The number of carbonyl (C=O) groups excluding carboxylic acids is 1. The Morgan fingerprint density at radius 3 is 2.44 bits per heavy atom. The molecule has 1 amide bonds. The first-order chi connectivity index (χ1) is 12.4. The maximum Gasteiger partial charge on any atom is 0.230 e. The summed E-state index contributed by atoms with van der Waals surface area (Å²) in [6.07, 6.45) is 5.90. The Hall–Kier alpha value is -1.58. The lowest BCUT2D eigenvalue weighted by Crippen LogP contribution is -2.49. The van der Waals surface area contributed by atoms with Crippen molar-refractivity contribution in [2.45, 2.75) is 32.2 Å². The summed E-state index contributed by atoms with van der Waals surface area (Å²) < 4.78 is 0. The van der Waals surface area contributed by atoms with Crippen molar-refractivity contribution in [3.05, 3.63) is 23.9 Å². The minimum atomic E-state index is -0.310. The number of carbonyl (C=O) groups is 1. The number of pyridine rings is 1. The third kappa shape index (κ3) is 6.22. The molecule has 8 heteroatoms. The van der Waals surface area contributed by atoms with E-state index in [1.165, 1.54) is 0 Å². The average Bonchev–Trinajstić information content (AvgIpc) is 3.11. The molecule has 0 saturated heterocycles. The number of anilines is 1. The van der Waals surface area contributed by atoms with Crippen molar-refractivity contribution < 1.29 is 4.79 Å². The van der Waals surface area contributed by atoms with Gasteiger partial charge in [-0.15, -0.1) is 24.0 Å². The second kappa shape index (κ2) is 10.7. The van der Waals surface area contributed by atoms with Gasteiger partial charge in [0.2, 0.25) is 5.91 Å². The summed E-state index contributed by atoms with van der Waals surface area (Å²) in [6.45, 7) is 1.26. The molecule has 0 spiro atoms. The summed E-state index contributed by atoms with van der Waals surface area (Å²) in [4.78, 5) is 25.0. The van der Waals surface area contributed by atoms with E-state index in [0.717, 1.165) is 37.1 Å². The molecule has 1 aromatic heterocycles. The Bertz CT molecular complexity index is 641. The van der Waals surface area contributed by atoms with E-state index in [4.69, 9.17) is 0 Å². The number of amides is 1. The van der Waals surface area contributed by atoms with E-state index >= 15 is 0 Å². The zero-order valence-corrected chi connectivity index (χ0v) is 19.4. The summed E-state index contributed by atoms with van der Waals surface area (Å²) >= 11 is 0. The fraction of sp³-hybridized carbons (Fsp3) is 0.632. The average molecular weight is 488 g/mol. The Kier molecular flexibility index (Phi) is 9.28. The highest BCUT2D eigenvalue weighted by atomic mass is 127. The standard InChI is InChI=1S/C19H32N6O.HI/c1-20-18(22-13-15-8-11-21-16(12-15)24(2)3)23-14-19(9-6-7-10-19)17(26)25(4)5;/h8,11-12H,6-7,9-10,13-14H2,1-5H3,(H2,20,22,23);1H. The molecule has 2 rings (SSSR count). The van der Waals surface area contributed by atoms with Crippen LogP contribution >= 0.6 is 24.0 Å². The number of halogens is 1. The van der Waals surface area contributed by atoms with Crippen LogP contribution in [0.4, 0.5) is 5.82 Å². The Morgan fingerprint density at radius 1 is 1.22 bits per heavy atom. The van der Waals surface area contributed by atoms with Gasteiger partial charge >= 0.3 is 0 Å². The highest BCUT2D eigenvalue weighted by Crippen LogP contribution is 2.38. The molecule has 2 N–H and O–H groups in total. The number of aromatic nitrogens is 1. The molecule has 0 aliphatic heterocycles. The topological polar surface area (TPSA) is 72.9 Å². The van der Waals surface area contributed by atoms with Crippen LogP contribution in [0.25, 0.3) is 0 Å². The van der Waals surface area contributed by atoms with Gasteiger partial charge in [-0.25, -0.2) is 4.98 Å². The normalized spacial score (nSPS) is 15.7. The Morgan fingerprint density at radius 2 is 1.89 bits per heavy atom. The maximum absolute atomic E-state index is 12.7. The van der Waals surface area contributed by atoms with E-state index in [1.807, 2.05) is 51.4 Å². The summed E-state index contributed by atoms with van der Waals surface area (Å²) in [5.41, 5.74) is 0.821. The van der Waals surface area contributed by atoms with Crippen molar-refractivity contribution >= 4 is 41.7 Å². The zero-order valence-electron chi connectivity index (χ0n) is 17.1. The monoisotopic (exact) mass is 488 g/mol. The smallest absolute Gasteiger partial charge is 0.230 e. The minimum Gasteiger partial charge on any atom is -0.363 e. The van der Waals surface area contributed by atoms with Crippen LogP contribution in [0.3, 0.4) is 0 Å². The van der Waals surface area contributed by atoms with Gasteiger partial charge in [-0.3, -0.25) is 9.79 Å². The molecule has 0 unspecified atom stereocenters. The van der Waals surface area contributed by atoms with Crippen LogP contribution in [-0.2, 0) is 11.3 Å². The summed E-state index contributed by atoms with van der Waals surface area (Å²) in [5.74, 6) is 1.85. The lowest BCUT2D eigenvalue weighted by molar-refractivity contribution is -0.138. The molecule has 0 aromatic carbocycles. The van der Waals surface area contributed by atoms with E-state index in [1.54, 1.807) is 11.9 Å². The van der Waals surface area contributed by atoms with Crippen LogP contribution in [0.5, 0.6) is 0 Å². The van der Waals surface area contributed by atoms with E-state index in [-0.39, 0.29) is 35.3 Å². The van der Waals surface area contributed by atoms with E-state index < -0.39 is 0 Å². The summed E-state index contributed by atoms with van der Waals surface area (Å²) in [7, 11) is 9.37. The molecule has 1 aliphatic rings. The van der Waals surface area contributed by atoms with Gasteiger partial charge in [-0.05, 0) is 30.5 Å². The second-order valence-corrected chi connectivity index (χ2v) is 7.38. The van der Waals surface area contributed by atoms with Crippen LogP contribution in [0.2, 0.25) is 0 Å². The molecule has 7 nitrogen and oxygen atoms in total. The van der Waals surface area contributed by atoms with Gasteiger partial charge in [0.15, 0.2) is 5.96 Å². The molecule has 1 saturated carbocycles. The SMILES string of the molecule is CN=C(NCc1ccnc(N(C)C)c1)NCC1(C(=O)N(C)C)CCCC1.I. The van der Waals surface area contributed by atoms with Crippen molar-refractivity contribution in [3.8, 4) is 0 Å². The highest BCUT2D eigenvalue weighted by Gasteiger charge is 2.42. The third-order valence-corrected chi connectivity index (χ3v) is 4.97. The van der Waals surface area contributed by atoms with Crippen LogP contribution in [0.15, 0.2) is 23.3 Å². The van der Waals surface area contributed by atoms with Crippen LogP contribution in [0, 0.1) is 5.41 Å². The molecule has 1 aromatic rings. The molecule has 0 bridgehead atoms. The van der Waals surface area contributed by atoms with Gasteiger partial charge in [0, 0.05) is 54.5 Å². The highest BCUT2D eigenvalue weighted by molar-refractivity contribution is 14.0. The Balaban J connectivity index is 0.00000364. The van der Waals surface area contributed by atoms with Gasteiger partial charge in [-0.2, -0.15) is 0 Å². The molecule has 1 heterocycles. The molecular formula is C19H33IN6O. The molecule has 152 valence electrons. The predicted molar refractivity (Wildman–Crippen MR) is 122 cm³/mol. The van der Waals surface area contributed by atoms with Gasteiger partial charge in [-0.1, -0.05) is 12.8 Å². The van der Waals surface area contributed by atoms with Gasteiger partial charge < -0.3 is 20.4 Å². The number of hydrogen-bond donors (Lipinski definition) is 2. The van der Waals surface area contributed by atoms with E-state index in [2.05, 4.69) is 20.6 Å². The van der Waals surface area contributed by atoms with E-state index in [0.29, 0.717) is 19.0 Å². The number of aliphatic imine (C=N–C) groups is 1. The first-order valence-corrected chi connectivity index (χ1v) is 9.16. The fourth-order valence-corrected chi connectivity index (χ4v) is 3.47. The second-order valence-electron chi connectivity index (χ2n) is 7.38. The molecule has 0 atom stereocenters. The summed E-state index contributed by atoms with van der Waals surface area (Å²) in [5, 5.41) is 6.69. The largest absolute Gasteiger partial charge is 0.363 e. The van der Waals surface area contributed by atoms with Gasteiger partial charge in [0.05, 0.1) is 5.41 Å². The van der Waals surface area contributed by atoms with Crippen molar-refractivity contribution in [1.82, 2.24) is 20.5 Å². The number of hydrogen-bond acceptors (Lipinski definition) is 4. The maximum atomic E-state index is 12.7. The van der Waals surface area contributed by atoms with Gasteiger partial charge in [0.1, 0.15) is 5.82 Å². The molecule has 1 aliphatic carbocycles. The number of rotatable bonds is 6. The number of nitrogens with zero attached hydrogens (tertiary/aromatic N) is 4. The predicted octanol–water partition coefficient (Wildman–Crippen LogP) is 2.08. The molecule has 27 heavy (non-hydrogen) atoms. The van der Waals surface area contributed by atoms with Crippen LogP contribution < -0.4 is 15.5 Å². The van der Waals surface area contributed by atoms with Gasteiger partial charge in [0.25, 0.3) is 0 Å². The van der Waals surface area contributed by atoms with Crippen molar-refractivity contribution in [2.75, 3.05) is 46.7 Å². The Labute approximate surface area is 180 Å². The summed E-state index contributed by atoms with van der Waals surface area (Å²) in [6, 6.07) is 4.04. The van der Waals surface area contributed by atoms with E-state index in [9.17, 15) is 4.79 Å². The fourth-order valence-electron chi connectivity index (χ4n) is 3.47. The number of nitrogens with one attached hydrogen (secondary N) is 2. The van der Waals surface area contributed by atoms with Crippen molar-refractivity contribution in [3.63, 3.8) is 0 Å². The third-order valence-electron chi connectivity index (χ3n) is 4.97. The minimum absolute atomic E-state index is 0. The molecule has 1 fully saturated rings. The molecule has 0 radical (unpaired) electrons. The zero-order chi connectivity index (χ0) is 19.2. The molecular weight excluding hydrogens is 455 g/mol. The number of guanidine groups is 1. The van der Waals surface area contributed by atoms with Crippen LogP contribution in [0.1, 0.15) is 31.2 Å².